The maximum Gasteiger partial charge on any atom is 0.123 e. The molecule has 1 atom stereocenters. The van der Waals surface area contributed by atoms with Gasteiger partial charge in [-0.25, -0.2) is 0 Å². The van der Waals surface area contributed by atoms with Gasteiger partial charge in [0.25, 0.3) is 0 Å². The molecule has 0 saturated carbocycles. The van der Waals surface area contributed by atoms with Crippen LogP contribution in [0.15, 0.2) is 41.0 Å². The van der Waals surface area contributed by atoms with E-state index in [2.05, 4.69) is 0 Å². The molecule has 4 heteroatoms. The average molecular weight is 247 g/mol. The van der Waals surface area contributed by atoms with Gasteiger partial charge in [-0.1, -0.05) is 0 Å². The zero-order chi connectivity index (χ0) is 13.0. The van der Waals surface area contributed by atoms with Crippen LogP contribution in [0.1, 0.15) is 17.4 Å². The van der Waals surface area contributed by atoms with Crippen molar-refractivity contribution in [1.29, 1.82) is 0 Å². The van der Waals surface area contributed by atoms with Crippen molar-refractivity contribution in [1.82, 2.24) is 0 Å². The van der Waals surface area contributed by atoms with Gasteiger partial charge in [0, 0.05) is 18.0 Å². The van der Waals surface area contributed by atoms with Gasteiger partial charge in [0.05, 0.1) is 20.5 Å². The maximum atomic E-state index is 6.19. The topological polar surface area (TPSA) is 57.6 Å². The van der Waals surface area contributed by atoms with Crippen LogP contribution in [-0.4, -0.2) is 14.2 Å². The third-order valence-corrected chi connectivity index (χ3v) is 2.84. The normalized spacial score (nSPS) is 12.2. The summed E-state index contributed by atoms with van der Waals surface area (Å²) >= 11 is 0. The summed E-state index contributed by atoms with van der Waals surface area (Å²) in [4.78, 5) is 0. The smallest absolute Gasteiger partial charge is 0.123 e. The van der Waals surface area contributed by atoms with Gasteiger partial charge >= 0.3 is 0 Å². The predicted molar refractivity (Wildman–Crippen MR) is 68.9 cm³/mol. The Morgan fingerprint density at radius 3 is 2.67 bits per heavy atom. The standard InChI is InChI=1S/C14H17NO3/c1-16-10-5-6-14(17-2)12(8-10)13(15)9-11-4-3-7-18-11/h3-8,13H,9,15H2,1-2H3. The summed E-state index contributed by atoms with van der Waals surface area (Å²) in [5.74, 6) is 2.38. The molecule has 4 nitrogen and oxygen atoms in total. The molecular weight excluding hydrogens is 230 g/mol. The van der Waals surface area contributed by atoms with Gasteiger partial charge in [0.2, 0.25) is 0 Å². The van der Waals surface area contributed by atoms with Crippen LogP contribution in [0.4, 0.5) is 0 Å². The van der Waals surface area contributed by atoms with Crippen LogP contribution in [0.25, 0.3) is 0 Å². The van der Waals surface area contributed by atoms with Crippen LogP contribution in [0.2, 0.25) is 0 Å². The molecule has 0 aliphatic rings. The first kappa shape index (κ1) is 12.5. The molecule has 1 aromatic heterocycles. The average Bonchev–Trinajstić information content (AvgIpc) is 2.90. The van der Waals surface area contributed by atoms with E-state index in [1.165, 1.54) is 0 Å². The maximum absolute atomic E-state index is 6.19. The molecule has 0 aliphatic carbocycles. The van der Waals surface area contributed by atoms with Gasteiger partial charge in [0.15, 0.2) is 0 Å². The first-order valence-electron chi connectivity index (χ1n) is 5.74. The van der Waals surface area contributed by atoms with Crippen molar-refractivity contribution in [3.8, 4) is 11.5 Å². The van der Waals surface area contributed by atoms with E-state index < -0.39 is 0 Å². The molecule has 0 aliphatic heterocycles. The Kier molecular flexibility index (Phi) is 3.89. The molecular formula is C14H17NO3. The molecule has 1 unspecified atom stereocenters. The molecule has 0 amide bonds. The van der Waals surface area contributed by atoms with Gasteiger partial charge in [-0.15, -0.1) is 0 Å². The van der Waals surface area contributed by atoms with E-state index in [0.717, 1.165) is 22.8 Å². The molecule has 2 aromatic rings. The Bertz CT molecular complexity index is 494. The van der Waals surface area contributed by atoms with Crippen molar-refractivity contribution in [3.05, 3.63) is 47.9 Å². The minimum absolute atomic E-state index is 0.193. The number of nitrogens with two attached hydrogens (primary N) is 1. The van der Waals surface area contributed by atoms with E-state index in [0.29, 0.717) is 6.42 Å². The highest BCUT2D eigenvalue weighted by Crippen LogP contribution is 2.29. The van der Waals surface area contributed by atoms with E-state index in [-0.39, 0.29) is 6.04 Å². The van der Waals surface area contributed by atoms with Crippen LogP contribution in [0, 0.1) is 0 Å². The Labute approximate surface area is 106 Å². The van der Waals surface area contributed by atoms with Crippen LogP contribution in [0.5, 0.6) is 11.5 Å². The number of ether oxygens (including phenoxy) is 2. The quantitative estimate of drug-likeness (QED) is 0.882. The molecule has 0 radical (unpaired) electrons. The highest BCUT2D eigenvalue weighted by molar-refractivity contribution is 5.42. The lowest BCUT2D eigenvalue weighted by molar-refractivity contribution is 0.393. The molecule has 0 bridgehead atoms. The first-order valence-corrected chi connectivity index (χ1v) is 5.74. The van der Waals surface area contributed by atoms with Crippen molar-refractivity contribution < 1.29 is 13.9 Å². The molecule has 96 valence electrons. The second-order valence-corrected chi connectivity index (χ2v) is 4.00. The van der Waals surface area contributed by atoms with Crippen LogP contribution >= 0.6 is 0 Å². The molecule has 0 fully saturated rings. The summed E-state index contributed by atoms with van der Waals surface area (Å²) in [5.41, 5.74) is 7.10. The summed E-state index contributed by atoms with van der Waals surface area (Å²) in [6.45, 7) is 0. The fraction of sp³-hybridized carbons (Fsp3) is 0.286. The van der Waals surface area contributed by atoms with E-state index in [9.17, 15) is 0 Å². The van der Waals surface area contributed by atoms with Gasteiger partial charge < -0.3 is 19.6 Å². The van der Waals surface area contributed by atoms with Gasteiger partial charge in [-0.3, -0.25) is 0 Å². The van der Waals surface area contributed by atoms with Gasteiger partial charge in [-0.2, -0.15) is 0 Å². The van der Waals surface area contributed by atoms with Crippen molar-refractivity contribution in [2.75, 3.05) is 14.2 Å². The Morgan fingerprint density at radius 1 is 1.22 bits per heavy atom. The highest BCUT2D eigenvalue weighted by Gasteiger charge is 2.15. The fourth-order valence-electron chi connectivity index (χ4n) is 1.88. The van der Waals surface area contributed by atoms with Gasteiger partial charge in [-0.05, 0) is 30.3 Å². The number of rotatable bonds is 5. The lowest BCUT2D eigenvalue weighted by Gasteiger charge is -2.15. The monoisotopic (exact) mass is 247 g/mol. The van der Waals surface area contributed by atoms with E-state index in [4.69, 9.17) is 19.6 Å². The predicted octanol–water partition coefficient (Wildman–Crippen LogP) is 2.54. The van der Waals surface area contributed by atoms with E-state index in [1.54, 1.807) is 20.5 Å². The van der Waals surface area contributed by atoms with Gasteiger partial charge in [0.1, 0.15) is 17.3 Å². The number of methoxy groups -OCH3 is 2. The summed E-state index contributed by atoms with van der Waals surface area (Å²) in [7, 11) is 3.26. The highest BCUT2D eigenvalue weighted by atomic mass is 16.5. The zero-order valence-corrected chi connectivity index (χ0v) is 10.6. The summed E-state index contributed by atoms with van der Waals surface area (Å²) in [5, 5.41) is 0. The molecule has 2 N–H and O–H groups in total. The number of hydrogen-bond acceptors (Lipinski definition) is 4. The number of benzene rings is 1. The first-order chi connectivity index (χ1) is 8.74. The minimum atomic E-state index is -0.193. The molecule has 1 heterocycles. The third-order valence-electron chi connectivity index (χ3n) is 2.84. The van der Waals surface area contributed by atoms with Crippen LogP contribution < -0.4 is 15.2 Å². The fourth-order valence-corrected chi connectivity index (χ4v) is 1.88. The third kappa shape index (κ3) is 2.65. The summed E-state index contributed by atoms with van der Waals surface area (Å²) in [6, 6.07) is 9.17. The summed E-state index contributed by atoms with van der Waals surface area (Å²) < 4.78 is 15.8. The van der Waals surface area contributed by atoms with Crippen LogP contribution in [-0.2, 0) is 6.42 Å². The number of hydrogen-bond donors (Lipinski definition) is 1. The van der Waals surface area contributed by atoms with E-state index >= 15 is 0 Å². The molecule has 1 aromatic carbocycles. The second-order valence-electron chi connectivity index (χ2n) is 4.00. The molecule has 2 rings (SSSR count). The minimum Gasteiger partial charge on any atom is -0.497 e. The number of furan rings is 1. The molecule has 18 heavy (non-hydrogen) atoms. The Hall–Kier alpha value is -1.94. The Balaban J connectivity index is 2.24. The van der Waals surface area contributed by atoms with Crippen LogP contribution in [0.3, 0.4) is 0 Å². The molecule has 0 saturated heterocycles. The SMILES string of the molecule is COc1ccc(OC)c(C(N)Cc2ccco2)c1. The van der Waals surface area contributed by atoms with Crippen molar-refractivity contribution >= 4 is 0 Å². The summed E-state index contributed by atoms with van der Waals surface area (Å²) in [6.07, 6.45) is 2.27. The second kappa shape index (κ2) is 5.60. The largest absolute Gasteiger partial charge is 0.497 e. The van der Waals surface area contributed by atoms with Crippen molar-refractivity contribution in [2.24, 2.45) is 5.73 Å². The molecule has 0 spiro atoms. The zero-order valence-electron chi connectivity index (χ0n) is 10.6. The van der Waals surface area contributed by atoms with Crippen molar-refractivity contribution in [3.63, 3.8) is 0 Å². The Morgan fingerprint density at radius 2 is 2.06 bits per heavy atom. The lowest BCUT2D eigenvalue weighted by atomic mass is 10.0. The van der Waals surface area contributed by atoms with E-state index in [1.807, 2.05) is 30.3 Å². The van der Waals surface area contributed by atoms with Crippen molar-refractivity contribution in [2.45, 2.75) is 12.5 Å². The lowest BCUT2D eigenvalue weighted by Crippen LogP contribution is -2.14.